The highest BCUT2D eigenvalue weighted by atomic mass is 32.2. The third kappa shape index (κ3) is 4.88. The molecule has 0 saturated heterocycles. The van der Waals surface area contributed by atoms with Gasteiger partial charge in [-0.1, -0.05) is 12.1 Å². The van der Waals surface area contributed by atoms with Crippen molar-refractivity contribution < 1.29 is 4.79 Å². The Balaban J connectivity index is 1.38. The number of aromatic nitrogens is 4. The summed E-state index contributed by atoms with van der Waals surface area (Å²) in [5.74, 6) is 0.956. The molecular formula is C22H23N5O2S2. The van der Waals surface area contributed by atoms with Crippen molar-refractivity contribution in [3.63, 3.8) is 0 Å². The number of hydrogen-bond acceptors (Lipinski definition) is 6. The molecule has 0 bridgehead atoms. The van der Waals surface area contributed by atoms with Crippen LogP contribution in [-0.2, 0) is 17.1 Å². The third-order valence-electron chi connectivity index (χ3n) is 5.05. The Morgan fingerprint density at radius 2 is 2.19 bits per heavy atom. The molecule has 1 amide bonds. The fraction of sp³-hybridized carbons (Fsp3) is 0.273. The van der Waals surface area contributed by atoms with Gasteiger partial charge < -0.3 is 14.9 Å². The first-order valence-electron chi connectivity index (χ1n) is 9.86. The van der Waals surface area contributed by atoms with Gasteiger partial charge in [0.15, 0.2) is 0 Å². The van der Waals surface area contributed by atoms with Crippen molar-refractivity contribution in [1.82, 2.24) is 19.5 Å². The first-order valence-corrected chi connectivity index (χ1v) is 11.7. The van der Waals surface area contributed by atoms with Gasteiger partial charge in [-0.2, -0.15) is 0 Å². The molecule has 4 rings (SSSR count). The number of anilines is 1. The zero-order chi connectivity index (χ0) is 22.0. The summed E-state index contributed by atoms with van der Waals surface area (Å²) in [7, 11) is 0. The summed E-state index contributed by atoms with van der Waals surface area (Å²) in [5.41, 5.74) is 2.70. The first-order chi connectivity index (χ1) is 14.9. The van der Waals surface area contributed by atoms with E-state index in [2.05, 4.69) is 20.3 Å². The van der Waals surface area contributed by atoms with Crippen LogP contribution in [0.15, 0.2) is 47.8 Å². The number of thiophene rings is 1. The van der Waals surface area contributed by atoms with Crippen molar-refractivity contribution in [3.8, 4) is 0 Å². The van der Waals surface area contributed by atoms with E-state index in [0.717, 1.165) is 26.5 Å². The molecule has 3 aromatic heterocycles. The van der Waals surface area contributed by atoms with Gasteiger partial charge in [-0.15, -0.1) is 23.1 Å². The SMILES string of the molecule is Cc1sc2nc(CSC(C)C(=O)Nc3cccc(Cn4ccnc4)c3)[nH]c(=O)c2c1C. The van der Waals surface area contributed by atoms with Crippen molar-refractivity contribution >= 4 is 44.9 Å². The van der Waals surface area contributed by atoms with Crippen LogP contribution < -0.4 is 10.9 Å². The van der Waals surface area contributed by atoms with Crippen LogP contribution in [0.2, 0.25) is 0 Å². The van der Waals surface area contributed by atoms with E-state index in [9.17, 15) is 9.59 Å². The molecule has 1 aromatic carbocycles. The van der Waals surface area contributed by atoms with Crippen LogP contribution in [0.1, 0.15) is 28.8 Å². The van der Waals surface area contributed by atoms with Gasteiger partial charge in [0, 0.05) is 29.5 Å². The number of aryl methyl sites for hydroxylation is 2. The molecule has 3 heterocycles. The van der Waals surface area contributed by atoms with Crippen LogP contribution in [0.3, 0.4) is 0 Å². The molecule has 9 heteroatoms. The second kappa shape index (κ2) is 9.07. The molecule has 0 saturated carbocycles. The second-order valence-corrected chi connectivity index (χ2v) is 9.89. The van der Waals surface area contributed by atoms with Crippen molar-refractivity contribution in [3.05, 3.63) is 75.2 Å². The molecule has 31 heavy (non-hydrogen) atoms. The van der Waals surface area contributed by atoms with Crippen molar-refractivity contribution in [2.45, 2.75) is 38.3 Å². The Morgan fingerprint density at radius 1 is 1.35 bits per heavy atom. The van der Waals surface area contributed by atoms with Crippen LogP contribution >= 0.6 is 23.1 Å². The molecule has 0 aliphatic heterocycles. The van der Waals surface area contributed by atoms with E-state index in [1.807, 2.05) is 55.8 Å². The van der Waals surface area contributed by atoms with Gasteiger partial charge in [0.1, 0.15) is 10.7 Å². The highest BCUT2D eigenvalue weighted by Gasteiger charge is 2.16. The standard InChI is InChI=1S/C22H23N5O2S2/c1-13-14(2)31-22-19(13)21(29)25-18(26-22)11-30-15(3)20(28)24-17-6-4-5-16(9-17)10-27-8-7-23-12-27/h4-9,12,15H,10-11H2,1-3H3,(H,24,28)(H,25,26,29). The highest BCUT2D eigenvalue weighted by Crippen LogP contribution is 2.26. The van der Waals surface area contributed by atoms with E-state index in [-0.39, 0.29) is 16.7 Å². The normalized spacial score (nSPS) is 12.2. The Bertz CT molecular complexity index is 1280. The molecule has 7 nitrogen and oxygen atoms in total. The zero-order valence-corrected chi connectivity index (χ0v) is 19.1. The maximum atomic E-state index is 12.7. The number of hydrogen-bond donors (Lipinski definition) is 2. The van der Waals surface area contributed by atoms with Gasteiger partial charge in [-0.25, -0.2) is 9.97 Å². The van der Waals surface area contributed by atoms with E-state index >= 15 is 0 Å². The minimum absolute atomic E-state index is 0.0870. The molecule has 0 fully saturated rings. The van der Waals surface area contributed by atoms with E-state index in [4.69, 9.17) is 0 Å². The third-order valence-corrected chi connectivity index (χ3v) is 7.30. The van der Waals surface area contributed by atoms with E-state index in [0.29, 0.717) is 23.5 Å². The predicted molar refractivity (Wildman–Crippen MR) is 127 cm³/mol. The van der Waals surface area contributed by atoms with E-state index < -0.39 is 0 Å². The monoisotopic (exact) mass is 453 g/mol. The Kier molecular flexibility index (Phi) is 6.24. The summed E-state index contributed by atoms with van der Waals surface area (Å²) in [6.45, 7) is 6.48. The number of carbonyl (C=O) groups is 1. The lowest BCUT2D eigenvalue weighted by molar-refractivity contribution is -0.115. The summed E-state index contributed by atoms with van der Waals surface area (Å²) in [4.78, 5) is 38.4. The van der Waals surface area contributed by atoms with Gasteiger partial charge >= 0.3 is 0 Å². The summed E-state index contributed by atoms with van der Waals surface area (Å²) in [6, 6.07) is 7.78. The zero-order valence-electron chi connectivity index (χ0n) is 17.5. The molecule has 160 valence electrons. The highest BCUT2D eigenvalue weighted by molar-refractivity contribution is 7.99. The van der Waals surface area contributed by atoms with Crippen LogP contribution in [0, 0.1) is 13.8 Å². The first kappa shape index (κ1) is 21.3. The number of nitrogens with one attached hydrogen (secondary N) is 2. The average molecular weight is 454 g/mol. The quantitative estimate of drug-likeness (QED) is 0.439. The largest absolute Gasteiger partial charge is 0.333 e. The lowest BCUT2D eigenvalue weighted by Crippen LogP contribution is -2.23. The molecule has 1 unspecified atom stereocenters. The van der Waals surface area contributed by atoms with Crippen LogP contribution in [0.5, 0.6) is 0 Å². The molecule has 1 atom stereocenters. The van der Waals surface area contributed by atoms with E-state index in [1.165, 1.54) is 23.1 Å². The topological polar surface area (TPSA) is 92.7 Å². The molecule has 0 spiro atoms. The lowest BCUT2D eigenvalue weighted by Gasteiger charge is -2.13. The number of aromatic amines is 1. The lowest BCUT2D eigenvalue weighted by atomic mass is 10.2. The van der Waals surface area contributed by atoms with Gasteiger partial charge in [0.2, 0.25) is 5.91 Å². The molecule has 2 N–H and O–H groups in total. The van der Waals surface area contributed by atoms with Crippen molar-refractivity contribution in [1.29, 1.82) is 0 Å². The van der Waals surface area contributed by atoms with Gasteiger partial charge in [-0.3, -0.25) is 9.59 Å². The molecular weight excluding hydrogens is 430 g/mol. The summed E-state index contributed by atoms with van der Waals surface area (Å²) in [6.07, 6.45) is 5.40. The number of carbonyl (C=O) groups excluding carboxylic acids is 1. The maximum absolute atomic E-state index is 12.7. The number of H-pyrrole nitrogens is 1. The number of amides is 1. The molecule has 0 radical (unpaired) electrons. The number of nitrogens with zero attached hydrogens (tertiary/aromatic N) is 3. The Morgan fingerprint density at radius 3 is 2.97 bits per heavy atom. The summed E-state index contributed by atoms with van der Waals surface area (Å²) in [5, 5.41) is 3.34. The number of fused-ring (bicyclic) bond motifs is 1. The number of rotatable bonds is 7. The second-order valence-electron chi connectivity index (χ2n) is 7.35. The van der Waals surface area contributed by atoms with Crippen LogP contribution in [0.25, 0.3) is 10.2 Å². The molecule has 4 aromatic rings. The minimum Gasteiger partial charge on any atom is -0.333 e. The minimum atomic E-state index is -0.301. The summed E-state index contributed by atoms with van der Waals surface area (Å²) < 4.78 is 1.97. The molecule has 0 aliphatic carbocycles. The Labute approximate surface area is 187 Å². The Hall–Kier alpha value is -2.91. The predicted octanol–water partition coefficient (Wildman–Crippen LogP) is 4.11. The van der Waals surface area contributed by atoms with Gasteiger partial charge in [-0.05, 0) is 44.0 Å². The summed E-state index contributed by atoms with van der Waals surface area (Å²) >= 11 is 2.97. The average Bonchev–Trinajstić information content (AvgIpc) is 3.34. The number of imidazole rings is 1. The smallest absolute Gasteiger partial charge is 0.259 e. The van der Waals surface area contributed by atoms with E-state index in [1.54, 1.807) is 12.5 Å². The van der Waals surface area contributed by atoms with Crippen molar-refractivity contribution in [2.24, 2.45) is 0 Å². The van der Waals surface area contributed by atoms with Crippen LogP contribution in [0.4, 0.5) is 5.69 Å². The van der Waals surface area contributed by atoms with Gasteiger partial charge in [0.05, 0.1) is 22.7 Å². The number of benzene rings is 1. The molecule has 0 aliphatic rings. The fourth-order valence-electron chi connectivity index (χ4n) is 3.23. The maximum Gasteiger partial charge on any atom is 0.259 e. The van der Waals surface area contributed by atoms with Gasteiger partial charge in [0.25, 0.3) is 5.56 Å². The number of thioether (sulfide) groups is 1. The fourth-order valence-corrected chi connectivity index (χ4v) is 5.03. The van der Waals surface area contributed by atoms with Crippen molar-refractivity contribution in [2.75, 3.05) is 5.32 Å². The van der Waals surface area contributed by atoms with Crippen LogP contribution in [-0.4, -0.2) is 30.7 Å².